The molecule has 11 heteroatoms. The molecule has 2 aromatic rings. The first-order valence-electron chi connectivity index (χ1n) is 6.25. The van der Waals surface area contributed by atoms with Gasteiger partial charge in [-0.3, -0.25) is 20.2 Å². The molecule has 0 N–H and O–H groups in total. The average Bonchev–Trinajstić information content (AvgIpc) is 2.45. The molecule has 0 spiro atoms. The SMILES string of the molecule is Cc1cc(S(=O)(=O)Oc2cc(F)ccc2[N+](=O)[O-])ccc1[N+](=O)[O-]. The monoisotopic (exact) mass is 356 g/mol. The van der Waals surface area contributed by atoms with Crippen molar-refractivity contribution in [2.75, 3.05) is 0 Å². The van der Waals surface area contributed by atoms with Gasteiger partial charge in [-0.15, -0.1) is 0 Å². The summed E-state index contributed by atoms with van der Waals surface area (Å²) in [5.74, 6) is -1.72. The number of nitro benzene ring substituents is 2. The molecule has 0 aliphatic carbocycles. The Morgan fingerprint density at radius 3 is 2.12 bits per heavy atom. The Morgan fingerprint density at radius 1 is 1.00 bits per heavy atom. The number of hydrogen-bond donors (Lipinski definition) is 0. The molecule has 2 aromatic carbocycles. The van der Waals surface area contributed by atoms with Crippen molar-refractivity contribution in [1.29, 1.82) is 0 Å². The van der Waals surface area contributed by atoms with Crippen molar-refractivity contribution in [2.24, 2.45) is 0 Å². The molecule has 0 radical (unpaired) electrons. The van der Waals surface area contributed by atoms with Crippen LogP contribution in [0.3, 0.4) is 0 Å². The Balaban J connectivity index is 2.46. The Hall–Kier alpha value is -3.08. The summed E-state index contributed by atoms with van der Waals surface area (Å²) >= 11 is 0. The van der Waals surface area contributed by atoms with E-state index in [1.54, 1.807) is 0 Å². The van der Waals surface area contributed by atoms with E-state index in [1.165, 1.54) is 6.92 Å². The van der Waals surface area contributed by atoms with Crippen molar-refractivity contribution in [1.82, 2.24) is 0 Å². The van der Waals surface area contributed by atoms with Crippen molar-refractivity contribution in [3.63, 3.8) is 0 Å². The minimum absolute atomic E-state index is 0.0541. The zero-order valence-electron chi connectivity index (χ0n) is 12.0. The molecule has 0 fully saturated rings. The van der Waals surface area contributed by atoms with Crippen LogP contribution < -0.4 is 4.18 Å². The van der Waals surface area contributed by atoms with Crippen LogP contribution in [0.4, 0.5) is 15.8 Å². The molecule has 24 heavy (non-hydrogen) atoms. The second kappa shape index (κ2) is 6.20. The quantitative estimate of drug-likeness (QED) is 0.457. The molecular formula is C13H9FN2O7S. The van der Waals surface area contributed by atoms with Crippen molar-refractivity contribution in [3.8, 4) is 5.75 Å². The topological polar surface area (TPSA) is 130 Å². The van der Waals surface area contributed by atoms with Gasteiger partial charge < -0.3 is 4.18 Å². The summed E-state index contributed by atoms with van der Waals surface area (Å²) in [4.78, 5) is 19.5. The minimum Gasteiger partial charge on any atom is -0.371 e. The van der Waals surface area contributed by atoms with Gasteiger partial charge in [0.1, 0.15) is 10.7 Å². The van der Waals surface area contributed by atoms with Gasteiger partial charge in [0.2, 0.25) is 5.75 Å². The zero-order valence-corrected chi connectivity index (χ0v) is 12.8. The maximum Gasteiger partial charge on any atom is 0.339 e. The highest BCUT2D eigenvalue weighted by atomic mass is 32.2. The fourth-order valence-corrected chi connectivity index (χ4v) is 2.88. The van der Waals surface area contributed by atoms with Gasteiger partial charge in [0.25, 0.3) is 5.69 Å². The van der Waals surface area contributed by atoms with Gasteiger partial charge in [-0.05, 0) is 25.1 Å². The van der Waals surface area contributed by atoms with Crippen LogP contribution in [0.1, 0.15) is 5.56 Å². The van der Waals surface area contributed by atoms with E-state index in [4.69, 9.17) is 0 Å². The number of hydrogen-bond acceptors (Lipinski definition) is 7. The van der Waals surface area contributed by atoms with Gasteiger partial charge in [0.05, 0.1) is 9.85 Å². The molecule has 2 rings (SSSR count). The highest BCUT2D eigenvalue weighted by Gasteiger charge is 2.25. The lowest BCUT2D eigenvalue weighted by molar-refractivity contribution is -0.385. The fraction of sp³-hybridized carbons (Fsp3) is 0.0769. The summed E-state index contributed by atoms with van der Waals surface area (Å²) in [5.41, 5.74) is -0.984. The number of halogens is 1. The fourth-order valence-electron chi connectivity index (χ4n) is 1.86. The predicted octanol–water partition coefficient (Wildman–Crippen LogP) is 2.72. The van der Waals surface area contributed by atoms with Crippen LogP contribution in [-0.4, -0.2) is 18.3 Å². The lowest BCUT2D eigenvalue weighted by atomic mass is 10.2. The van der Waals surface area contributed by atoms with Gasteiger partial charge >= 0.3 is 15.8 Å². The Bertz CT molecular complexity index is 943. The summed E-state index contributed by atoms with van der Waals surface area (Å²) in [6.45, 7) is 1.32. The number of aryl methyl sites for hydroxylation is 1. The number of nitro groups is 2. The smallest absolute Gasteiger partial charge is 0.339 e. The molecule has 0 amide bonds. The van der Waals surface area contributed by atoms with Crippen LogP contribution in [0, 0.1) is 33.0 Å². The first-order chi connectivity index (χ1) is 11.1. The molecule has 9 nitrogen and oxygen atoms in total. The molecule has 126 valence electrons. The third-order valence-electron chi connectivity index (χ3n) is 2.97. The molecule has 0 aliphatic rings. The van der Waals surface area contributed by atoms with E-state index in [1.807, 2.05) is 0 Å². The van der Waals surface area contributed by atoms with Crippen LogP contribution in [0.2, 0.25) is 0 Å². The maximum atomic E-state index is 13.2. The van der Waals surface area contributed by atoms with Crippen molar-refractivity contribution >= 4 is 21.5 Å². The third-order valence-corrected chi connectivity index (χ3v) is 4.20. The molecule has 0 atom stereocenters. The van der Waals surface area contributed by atoms with E-state index in [9.17, 15) is 33.0 Å². The predicted molar refractivity (Wildman–Crippen MR) is 78.7 cm³/mol. The van der Waals surface area contributed by atoms with E-state index in [0.717, 1.165) is 30.3 Å². The molecule has 0 unspecified atom stereocenters. The molecule has 0 heterocycles. The van der Waals surface area contributed by atoms with Crippen molar-refractivity contribution < 1.29 is 26.8 Å². The van der Waals surface area contributed by atoms with E-state index in [-0.39, 0.29) is 11.3 Å². The van der Waals surface area contributed by atoms with Gasteiger partial charge in [-0.1, -0.05) is 0 Å². The minimum atomic E-state index is -4.54. The first-order valence-corrected chi connectivity index (χ1v) is 7.66. The largest absolute Gasteiger partial charge is 0.371 e. The molecule has 0 aromatic heterocycles. The number of benzene rings is 2. The molecule has 0 saturated carbocycles. The van der Waals surface area contributed by atoms with Crippen molar-refractivity contribution in [2.45, 2.75) is 11.8 Å². The number of rotatable bonds is 5. The van der Waals surface area contributed by atoms with Gasteiger partial charge in [0.15, 0.2) is 0 Å². The summed E-state index contributed by atoms with van der Waals surface area (Å²) < 4.78 is 42.2. The first kappa shape index (κ1) is 17.3. The lowest BCUT2D eigenvalue weighted by Gasteiger charge is -2.08. The molecule has 0 saturated heterocycles. The second-order valence-corrected chi connectivity index (χ2v) is 6.16. The van der Waals surface area contributed by atoms with Crippen LogP contribution in [-0.2, 0) is 10.1 Å². The van der Waals surface area contributed by atoms with E-state index >= 15 is 0 Å². The Kier molecular flexibility index (Phi) is 4.46. The highest BCUT2D eigenvalue weighted by molar-refractivity contribution is 7.87. The standard InChI is InChI=1S/C13H9FN2O7S/c1-8-6-10(3-5-11(8)15(17)18)24(21,22)23-13-7-9(14)2-4-12(13)16(19)20/h2-7H,1H3. The zero-order chi connectivity index (χ0) is 18.1. The van der Waals surface area contributed by atoms with E-state index < -0.39 is 42.1 Å². The lowest BCUT2D eigenvalue weighted by Crippen LogP contribution is -2.11. The molecule has 0 aliphatic heterocycles. The second-order valence-electron chi connectivity index (χ2n) is 4.61. The van der Waals surface area contributed by atoms with Crippen LogP contribution in [0.15, 0.2) is 41.3 Å². The third kappa shape index (κ3) is 3.46. The van der Waals surface area contributed by atoms with Gasteiger partial charge in [-0.25, -0.2) is 4.39 Å². The summed E-state index contributed by atoms with van der Waals surface area (Å²) in [7, 11) is -4.54. The van der Waals surface area contributed by atoms with E-state index in [2.05, 4.69) is 4.18 Å². The average molecular weight is 356 g/mol. The number of nitrogens with zero attached hydrogens (tertiary/aromatic N) is 2. The van der Waals surface area contributed by atoms with Crippen LogP contribution in [0.5, 0.6) is 5.75 Å². The van der Waals surface area contributed by atoms with Gasteiger partial charge in [-0.2, -0.15) is 8.42 Å². The molecule has 0 bridgehead atoms. The summed E-state index contributed by atoms with van der Waals surface area (Å²) in [6, 6.07) is 4.98. The molecular weight excluding hydrogens is 347 g/mol. The van der Waals surface area contributed by atoms with E-state index in [0.29, 0.717) is 6.07 Å². The maximum absolute atomic E-state index is 13.2. The Morgan fingerprint density at radius 2 is 1.58 bits per heavy atom. The summed E-state index contributed by atoms with van der Waals surface area (Å²) in [5, 5.41) is 21.6. The van der Waals surface area contributed by atoms with Crippen LogP contribution in [0.25, 0.3) is 0 Å². The Labute approximate surface area is 134 Å². The van der Waals surface area contributed by atoms with Crippen molar-refractivity contribution in [3.05, 3.63) is 68.0 Å². The summed E-state index contributed by atoms with van der Waals surface area (Å²) in [6.07, 6.45) is 0. The van der Waals surface area contributed by atoms with Gasteiger partial charge in [0, 0.05) is 23.8 Å². The van der Waals surface area contributed by atoms with Crippen LogP contribution >= 0.6 is 0 Å². The highest BCUT2D eigenvalue weighted by Crippen LogP contribution is 2.31. The normalized spacial score (nSPS) is 11.1.